The number of hydrogen-bond donors (Lipinski definition) is 1. The lowest BCUT2D eigenvalue weighted by atomic mass is 10.1. The molecule has 2 heterocycles. The minimum atomic E-state index is 0.792. The number of rotatable bonds is 1. The van der Waals surface area contributed by atoms with Crippen molar-refractivity contribution in [3.8, 4) is 11.3 Å². The molecular formula is C13H13N3S. The lowest BCUT2D eigenvalue weighted by Gasteiger charge is -2.00. The Morgan fingerprint density at radius 1 is 1.18 bits per heavy atom. The zero-order valence-electron chi connectivity index (χ0n) is 9.77. The maximum absolute atomic E-state index is 6.03. The lowest BCUT2D eigenvalue weighted by molar-refractivity contribution is 0.951. The Morgan fingerprint density at radius 3 is 2.59 bits per heavy atom. The highest BCUT2D eigenvalue weighted by molar-refractivity contribution is 7.18. The summed E-state index contributed by atoms with van der Waals surface area (Å²) in [6, 6.07) is 10.3. The number of aryl methyl sites for hydroxylation is 2. The van der Waals surface area contributed by atoms with Crippen LogP contribution >= 0.6 is 11.3 Å². The van der Waals surface area contributed by atoms with Crippen molar-refractivity contribution in [2.75, 3.05) is 5.73 Å². The van der Waals surface area contributed by atoms with Gasteiger partial charge in [-0.2, -0.15) is 5.10 Å². The molecule has 0 unspecified atom stereocenters. The zero-order valence-corrected chi connectivity index (χ0v) is 10.6. The molecule has 0 bridgehead atoms. The average Bonchev–Trinajstić information content (AvgIpc) is 2.78. The quantitative estimate of drug-likeness (QED) is 0.713. The average molecular weight is 243 g/mol. The predicted molar refractivity (Wildman–Crippen MR) is 72.4 cm³/mol. The highest BCUT2D eigenvalue weighted by Gasteiger charge is 2.16. The van der Waals surface area contributed by atoms with Gasteiger partial charge in [0.25, 0.3) is 0 Å². The van der Waals surface area contributed by atoms with Crippen LogP contribution in [0.5, 0.6) is 0 Å². The molecule has 0 aliphatic rings. The summed E-state index contributed by atoms with van der Waals surface area (Å²) in [5.41, 5.74) is 10.0. The van der Waals surface area contributed by atoms with Crippen LogP contribution in [0, 0.1) is 13.8 Å². The van der Waals surface area contributed by atoms with E-state index in [9.17, 15) is 0 Å². The Hall–Kier alpha value is -1.81. The molecule has 0 saturated heterocycles. The Morgan fingerprint density at radius 2 is 1.88 bits per heavy atom. The van der Waals surface area contributed by atoms with Gasteiger partial charge in [0.05, 0.1) is 17.1 Å². The molecule has 86 valence electrons. The van der Waals surface area contributed by atoms with Crippen LogP contribution in [0.15, 0.2) is 30.3 Å². The van der Waals surface area contributed by atoms with Crippen LogP contribution in [0.1, 0.15) is 10.6 Å². The van der Waals surface area contributed by atoms with Gasteiger partial charge in [0.1, 0.15) is 4.83 Å². The van der Waals surface area contributed by atoms with Crippen molar-refractivity contribution in [2.24, 2.45) is 0 Å². The van der Waals surface area contributed by atoms with Crippen LogP contribution in [0.3, 0.4) is 0 Å². The van der Waals surface area contributed by atoms with E-state index in [0.29, 0.717) is 0 Å². The molecule has 0 amide bonds. The van der Waals surface area contributed by atoms with Gasteiger partial charge < -0.3 is 5.73 Å². The zero-order chi connectivity index (χ0) is 12.0. The number of aromatic nitrogens is 2. The molecule has 3 aromatic rings. The summed E-state index contributed by atoms with van der Waals surface area (Å²) in [4.78, 5) is 2.28. The molecule has 0 aliphatic heterocycles. The maximum Gasteiger partial charge on any atom is 0.143 e. The van der Waals surface area contributed by atoms with E-state index in [0.717, 1.165) is 21.9 Å². The van der Waals surface area contributed by atoms with Crippen LogP contribution in [-0.4, -0.2) is 9.61 Å². The van der Waals surface area contributed by atoms with Crippen molar-refractivity contribution < 1.29 is 0 Å². The van der Waals surface area contributed by atoms with E-state index in [2.05, 4.69) is 24.2 Å². The highest BCUT2D eigenvalue weighted by Crippen LogP contribution is 2.34. The van der Waals surface area contributed by atoms with Gasteiger partial charge in [0.2, 0.25) is 0 Å². The van der Waals surface area contributed by atoms with Crippen molar-refractivity contribution in [1.29, 1.82) is 0 Å². The van der Waals surface area contributed by atoms with E-state index in [1.54, 1.807) is 11.3 Å². The normalized spacial score (nSPS) is 11.2. The van der Waals surface area contributed by atoms with E-state index in [1.165, 1.54) is 10.4 Å². The summed E-state index contributed by atoms with van der Waals surface area (Å²) in [6.45, 7) is 4.05. The van der Waals surface area contributed by atoms with Crippen molar-refractivity contribution in [1.82, 2.24) is 9.61 Å². The third kappa shape index (κ3) is 1.45. The van der Waals surface area contributed by atoms with Crippen LogP contribution in [-0.2, 0) is 0 Å². The number of benzene rings is 1. The Labute approximate surface area is 104 Å². The molecule has 0 fully saturated rings. The van der Waals surface area contributed by atoms with E-state index < -0.39 is 0 Å². The molecule has 4 heteroatoms. The van der Waals surface area contributed by atoms with E-state index >= 15 is 0 Å². The number of thiazole rings is 1. The van der Waals surface area contributed by atoms with E-state index in [-0.39, 0.29) is 0 Å². The molecule has 1 aromatic carbocycles. The second-order valence-corrected chi connectivity index (χ2v) is 5.29. The maximum atomic E-state index is 6.03. The fourth-order valence-electron chi connectivity index (χ4n) is 2.03. The first-order valence-electron chi connectivity index (χ1n) is 5.48. The SMILES string of the molecule is Cc1nn2c(-c3ccccc3)c(C)sc2c1N. The van der Waals surface area contributed by atoms with Gasteiger partial charge in [0.15, 0.2) is 0 Å². The first-order chi connectivity index (χ1) is 8.18. The van der Waals surface area contributed by atoms with Gasteiger partial charge in [-0.3, -0.25) is 0 Å². The molecule has 3 rings (SSSR count). The van der Waals surface area contributed by atoms with E-state index in [4.69, 9.17) is 5.73 Å². The number of nitrogens with zero attached hydrogens (tertiary/aromatic N) is 2. The topological polar surface area (TPSA) is 43.3 Å². The fourth-order valence-corrected chi connectivity index (χ4v) is 3.10. The Balaban J connectivity index is 2.36. The molecule has 2 aromatic heterocycles. The van der Waals surface area contributed by atoms with Gasteiger partial charge in [-0.15, -0.1) is 11.3 Å². The monoisotopic (exact) mass is 243 g/mol. The molecule has 2 N–H and O–H groups in total. The van der Waals surface area contributed by atoms with Crippen LogP contribution < -0.4 is 5.73 Å². The number of nitrogens with two attached hydrogens (primary N) is 1. The summed E-state index contributed by atoms with van der Waals surface area (Å²) in [5.74, 6) is 0. The van der Waals surface area contributed by atoms with Crippen molar-refractivity contribution in [3.05, 3.63) is 40.9 Å². The molecule has 0 atom stereocenters. The Bertz CT molecular complexity index is 680. The second kappa shape index (κ2) is 3.60. The third-order valence-corrected chi connectivity index (χ3v) is 3.99. The van der Waals surface area contributed by atoms with Gasteiger partial charge in [0, 0.05) is 10.4 Å². The number of nitrogen functional groups attached to an aromatic ring is 1. The molecule has 0 radical (unpaired) electrons. The first kappa shape index (κ1) is 10.4. The first-order valence-corrected chi connectivity index (χ1v) is 6.29. The number of anilines is 1. The third-order valence-electron chi connectivity index (χ3n) is 2.90. The molecule has 0 spiro atoms. The van der Waals surface area contributed by atoms with Crippen molar-refractivity contribution in [2.45, 2.75) is 13.8 Å². The van der Waals surface area contributed by atoms with Gasteiger partial charge in [-0.25, -0.2) is 4.52 Å². The minimum Gasteiger partial charge on any atom is -0.395 e. The number of fused-ring (bicyclic) bond motifs is 1. The summed E-state index contributed by atoms with van der Waals surface area (Å²) < 4.78 is 1.96. The lowest BCUT2D eigenvalue weighted by Crippen LogP contribution is -1.90. The minimum absolute atomic E-state index is 0.792. The van der Waals surface area contributed by atoms with Crippen LogP contribution in [0.25, 0.3) is 16.1 Å². The van der Waals surface area contributed by atoms with Gasteiger partial charge in [-0.1, -0.05) is 30.3 Å². The highest BCUT2D eigenvalue weighted by atomic mass is 32.1. The predicted octanol–water partition coefficient (Wildman–Crippen LogP) is 3.26. The summed E-state index contributed by atoms with van der Waals surface area (Å²) in [5, 5.41) is 4.51. The molecule has 0 saturated carbocycles. The van der Waals surface area contributed by atoms with Gasteiger partial charge >= 0.3 is 0 Å². The van der Waals surface area contributed by atoms with Gasteiger partial charge in [-0.05, 0) is 13.8 Å². The van der Waals surface area contributed by atoms with Crippen LogP contribution in [0.2, 0.25) is 0 Å². The molecule has 0 aliphatic carbocycles. The second-order valence-electron chi connectivity index (χ2n) is 4.09. The summed E-state index contributed by atoms with van der Waals surface area (Å²) in [6.07, 6.45) is 0. The summed E-state index contributed by atoms with van der Waals surface area (Å²) >= 11 is 1.70. The van der Waals surface area contributed by atoms with Crippen LogP contribution in [0.4, 0.5) is 5.69 Å². The van der Waals surface area contributed by atoms with Crippen molar-refractivity contribution in [3.63, 3.8) is 0 Å². The van der Waals surface area contributed by atoms with Crippen molar-refractivity contribution >= 4 is 21.9 Å². The molecular weight excluding hydrogens is 230 g/mol. The molecule has 17 heavy (non-hydrogen) atoms. The molecule has 3 nitrogen and oxygen atoms in total. The standard InChI is InChI=1S/C13H13N3S/c1-8-11(14)13-16(15-8)12(9(2)17-13)10-6-4-3-5-7-10/h3-7H,14H2,1-2H3. The summed E-state index contributed by atoms with van der Waals surface area (Å²) in [7, 11) is 0. The number of hydrogen-bond acceptors (Lipinski definition) is 3. The fraction of sp³-hybridized carbons (Fsp3) is 0.154. The van der Waals surface area contributed by atoms with E-state index in [1.807, 2.05) is 29.6 Å². The largest absolute Gasteiger partial charge is 0.395 e. The Kier molecular flexibility index (Phi) is 2.19. The smallest absolute Gasteiger partial charge is 0.143 e.